The predicted molar refractivity (Wildman–Crippen MR) is 122 cm³/mol. The van der Waals surface area contributed by atoms with Crippen molar-refractivity contribution in [3.05, 3.63) is 33.6 Å². The van der Waals surface area contributed by atoms with E-state index in [-0.39, 0.29) is 30.5 Å². The molecule has 0 radical (unpaired) electrons. The number of hydrogen-bond donors (Lipinski definition) is 0. The summed E-state index contributed by atoms with van der Waals surface area (Å²) in [5, 5.41) is 11.2. The van der Waals surface area contributed by atoms with E-state index < -0.39 is 34.5 Å². The van der Waals surface area contributed by atoms with Gasteiger partial charge < -0.3 is 14.5 Å². The van der Waals surface area contributed by atoms with Crippen LogP contribution >= 0.6 is 0 Å². The van der Waals surface area contributed by atoms with Gasteiger partial charge in [0.15, 0.2) is 0 Å². The minimum Gasteiger partial charge on any atom is -0.381 e. The Morgan fingerprint density at radius 2 is 1.94 bits per heavy atom. The Bertz CT molecular complexity index is 1030. The molecule has 2 aliphatic heterocycles. The Labute approximate surface area is 207 Å². The van der Waals surface area contributed by atoms with Gasteiger partial charge in [-0.3, -0.25) is 24.7 Å². The number of pyridine rings is 1. The number of aromatic nitrogens is 1. The normalized spacial score (nSPS) is 25.1. The number of nitro groups is 1. The summed E-state index contributed by atoms with van der Waals surface area (Å²) in [6.45, 7) is 4.89. The fourth-order valence-electron chi connectivity index (χ4n) is 5.99. The molecule has 1 saturated carbocycles. The van der Waals surface area contributed by atoms with Gasteiger partial charge in [-0.15, -0.1) is 0 Å². The fourth-order valence-corrected chi connectivity index (χ4v) is 5.99. The van der Waals surface area contributed by atoms with Crippen LogP contribution in [0.25, 0.3) is 0 Å². The summed E-state index contributed by atoms with van der Waals surface area (Å²) >= 11 is 0. The van der Waals surface area contributed by atoms with Crippen molar-refractivity contribution in [3.63, 3.8) is 0 Å². The van der Waals surface area contributed by atoms with Crippen molar-refractivity contribution >= 4 is 17.5 Å². The second-order valence-electron chi connectivity index (χ2n) is 10.3. The highest BCUT2D eigenvalue weighted by atomic mass is 19.4. The van der Waals surface area contributed by atoms with Crippen LogP contribution in [0, 0.1) is 21.4 Å². The number of fused-ring (bicyclic) bond motifs is 1. The molecule has 3 heterocycles. The summed E-state index contributed by atoms with van der Waals surface area (Å²) in [5.41, 5.74) is 0.230. The first-order chi connectivity index (χ1) is 16.9. The number of carbonyl (C=O) groups is 2. The van der Waals surface area contributed by atoms with Crippen LogP contribution in [-0.4, -0.2) is 69.5 Å². The van der Waals surface area contributed by atoms with Crippen molar-refractivity contribution < 1.29 is 32.4 Å². The van der Waals surface area contributed by atoms with Gasteiger partial charge in [0.25, 0.3) is 5.69 Å². The van der Waals surface area contributed by atoms with Crippen LogP contribution < -0.4 is 0 Å². The summed E-state index contributed by atoms with van der Waals surface area (Å²) in [6, 6.07) is 0.147. The third kappa shape index (κ3) is 4.91. The maximum absolute atomic E-state index is 13.9. The van der Waals surface area contributed by atoms with Gasteiger partial charge in [0, 0.05) is 56.6 Å². The van der Waals surface area contributed by atoms with E-state index in [9.17, 15) is 32.9 Å². The van der Waals surface area contributed by atoms with Gasteiger partial charge in [-0.05, 0) is 43.6 Å². The maximum atomic E-state index is 13.9. The molecule has 0 spiro atoms. The molecule has 2 atom stereocenters. The number of halogens is 3. The Hall–Kier alpha value is -2.76. The van der Waals surface area contributed by atoms with Crippen molar-refractivity contribution in [1.82, 2.24) is 14.8 Å². The Balaban J connectivity index is 1.58. The molecule has 1 saturated heterocycles. The zero-order chi connectivity index (χ0) is 26.3. The topological polar surface area (TPSA) is 106 Å². The average molecular weight is 513 g/mol. The lowest BCUT2D eigenvalue weighted by atomic mass is 9.73. The van der Waals surface area contributed by atoms with Crippen LogP contribution in [0.4, 0.5) is 18.9 Å². The highest BCUT2D eigenvalue weighted by Gasteiger charge is 2.55. The second-order valence-corrected chi connectivity index (χ2v) is 10.3. The van der Waals surface area contributed by atoms with Crippen LogP contribution in [0.2, 0.25) is 0 Å². The molecule has 0 aromatic carbocycles. The number of ether oxygens (including phenoxy) is 1. The molecule has 198 valence electrons. The van der Waals surface area contributed by atoms with Crippen LogP contribution in [0.3, 0.4) is 0 Å². The Morgan fingerprint density at radius 3 is 2.56 bits per heavy atom. The van der Waals surface area contributed by atoms with Crippen molar-refractivity contribution in [2.24, 2.45) is 11.3 Å². The first kappa shape index (κ1) is 26.3. The van der Waals surface area contributed by atoms with Crippen LogP contribution in [-0.2, 0) is 27.3 Å². The van der Waals surface area contributed by atoms with Crippen molar-refractivity contribution in [1.29, 1.82) is 0 Å². The molecule has 1 aromatic heterocycles. The summed E-state index contributed by atoms with van der Waals surface area (Å²) in [6.07, 6.45) is -1.86. The summed E-state index contributed by atoms with van der Waals surface area (Å²) in [5.74, 6) is -2.20. The van der Waals surface area contributed by atoms with E-state index >= 15 is 0 Å². The molecule has 1 aliphatic carbocycles. The first-order valence-electron chi connectivity index (χ1n) is 12.3. The standard InChI is InChI=1S/C24H31F3N4O5/c1-15(2)23(21(32)29-8-4-20-16(14-29)11-19(13-28-20)31(34)35)7-3-18(12-23)30(22(33)24(25,26)27)17-5-9-36-10-6-17/h11,13,15,17-18H,3-10,12,14H2,1-2H3. The van der Waals surface area contributed by atoms with Crippen LogP contribution in [0.1, 0.15) is 57.2 Å². The van der Waals surface area contributed by atoms with Gasteiger partial charge in [0.2, 0.25) is 5.91 Å². The zero-order valence-electron chi connectivity index (χ0n) is 20.4. The second kappa shape index (κ2) is 9.95. The van der Waals surface area contributed by atoms with Gasteiger partial charge in [0.05, 0.1) is 10.3 Å². The molecule has 1 aromatic rings. The number of alkyl halides is 3. The number of carbonyl (C=O) groups excluding carboxylic acids is 2. The van der Waals surface area contributed by atoms with E-state index in [0.29, 0.717) is 63.1 Å². The minimum atomic E-state index is -5.00. The molecule has 2 amide bonds. The van der Waals surface area contributed by atoms with Crippen molar-refractivity contribution in [2.75, 3.05) is 19.8 Å². The Morgan fingerprint density at radius 1 is 1.25 bits per heavy atom. The average Bonchev–Trinajstić information content (AvgIpc) is 3.29. The largest absolute Gasteiger partial charge is 0.471 e. The molecule has 2 unspecified atom stereocenters. The molecule has 3 aliphatic rings. The van der Waals surface area contributed by atoms with E-state index in [1.165, 1.54) is 12.3 Å². The van der Waals surface area contributed by atoms with E-state index in [1.807, 2.05) is 13.8 Å². The number of rotatable bonds is 5. The van der Waals surface area contributed by atoms with E-state index in [1.54, 1.807) is 4.90 Å². The summed E-state index contributed by atoms with van der Waals surface area (Å²) in [7, 11) is 0. The van der Waals surface area contributed by atoms with Crippen molar-refractivity contribution in [2.45, 2.75) is 77.2 Å². The number of amides is 2. The molecule has 0 N–H and O–H groups in total. The highest BCUT2D eigenvalue weighted by molar-refractivity contribution is 5.85. The molecule has 9 nitrogen and oxygen atoms in total. The van der Waals surface area contributed by atoms with E-state index in [4.69, 9.17) is 4.74 Å². The van der Waals surface area contributed by atoms with Crippen LogP contribution in [0.15, 0.2) is 12.3 Å². The van der Waals surface area contributed by atoms with E-state index in [0.717, 1.165) is 4.90 Å². The smallest absolute Gasteiger partial charge is 0.381 e. The van der Waals surface area contributed by atoms with Crippen molar-refractivity contribution in [3.8, 4) is 0 Å². The maximum Gasteiger partial charge on any atom is 0.471 e. The van der Waals surface area contributed by atoms with Gasteiger partial charge >= 0.3 is 12.1 Å². The number of nitrogens with zero attached hydrogens (tertiary/aromatic N) is 4. The van der Waals surface area contributed by atoms with Gasteiger partial charge in [-0.2, -0.15) is 13.2 Å². The Kier molecular flexibility index (Phi) is 7.27. The molecule has 36 heavy (non-hydrogen) atoms. The third-order valence-corrected chi connectivity index (χ3v) is 8.03. The van der Waals surface area contributed by atoms with Gasteiger partial charge in [0.1, 0.15) is 6.20 Å². The lowest BCUT2D eigenvalue weighted by molar-refractivity contribution is -0.385. The molecule has 4 rings (SSSR count). The third-order valence-electron chi connectivity index (χ3n) is 8.03. The highest BCUT2D eigenvalue weighted by Crippen LogP contribution is 2.49. The molecular formula is C24H31F3N4O5. The van der Waals surface area contributed by atoms with E-state index in [2.05, 4.69) is 4.98 Å². The van der Waals surface area contributed by atoms with Crippen LogP contribution in [0.5, 0.6) is 0 Å². The molecular weight excluding hydrogens is 481 g/mol. The monoisotopic (exact) mass is 512 g/mol. The summed E-state index contributed by atoms with van der Waals surface area (Å²) in [4.78, 5) is 43.9. The first-order valence-corrected chi connectivity index (χ1v) is 12.3. The quantitative estimate of drug-likeness (QED) is 0.441. The van der Waals surface area contributed by atoms with Gasteiger partial charge in [-0.1, -0.05) is 13.8 Å². The molecule has 2 fully saturated rings. The van der Waals surface area contributed by atoms with Gasteiger partial charge in [-0.25, -0.2) is 0 Å². The SMILES string of the molecule is CC(C)C1(C(=O)N2CCc3ncc([N+](=O)[O-])cc3C2)CCC(N(C(=O)C(F)(F)F)C2CCOCC2)C1. The lowest BCUT2D eigenvalue weighted by Gasteiger charge is -2.42. The molecule has 12 heteroatoms. The molecule has 0 bridgehead atoms. The number of hydrogen-bond acceptors (Lipinski definition) is 6. The lowest BCUT2D eigenvalue weighted by Crippen LogP contribution is -2.54. The minimum absolute atomic E-state index is 0.152. The predicted octanol–water partition coefficient (Wildman–Crippen LogP) is 3.64. The zero-order valence-corrected chi connectivity index (χ0v) is 20.4. The summed E-state index contributed by atoms with van der Waals surface area (Å²) < 4.78 is 46.1. The fraction of sp³-hybridized carbons (Fsp3) is 0.708.